The maximum atomic E-state index is 10.7. The van der Waals surface area contributed by atoms with Crippen molar-refractivity contribution >= 4 is 11.0 Å². The summed E-state index contributed by atoms with van der Waals surface area (Å²) < 4.78 is 2.28. The van der Waals surface area contributed by atoms with E-state index in [1.165, 1.54) is 0 Å². The van der Waals surface area contributed by atoms with Crippen LogP contribution in [0.2, 0.25) is 0 Å². The molecule has 3 aromatic rings. The number of aliphatic hydroxyl groups excluding tert-OH is 1. The molecule has 5 nitrogen and oxygen atoms in total. The molecule has 0 bridgehead atoms. The Balaban J connectivity index is 1.86. The van der Waals surface area contributed by atoms with Crippen LogP contribution < -0.4 is 0 Å². The normalized spacial score (nSPS) is 20.8. The largest absolute Gasteiger partial charge is 0.391 e. The molecule has 4 rings (SSSR count). The maximum Gasteiger partial charge on any atom is 0.110 e. The second-order valence-corrected chi connectivity index (χ2v) is 7.69. The van der Waals surface area contributed by atoms with Gasteiger partial charge < -0.3 is 9.67 Å². The van der Waals surface area contributed by atoms with E-state index in [-0.39, 0.29) is 12.1 Å². The van der Waals surface area contributed by atoms with Crippen LogP contribution in [0.5, 0.6) is 0 Å². The van der Waals surface area contributed by atoms with Gasteiger partial charge >= 0.3 is 0 Å². The minimum atomic E-state index is -0.307. The number of nitrogens with zero attached hydrogens (tertiary/aromatic N) is 4. The Hall–Kier alpha value is -2.27. The molecule has 0 aromatic carbocycles. The Bertz CT molecular complexity index is 888. The first-order valence-corrected chi connectivity index (χ1v) is 9.60. The molecular formula is C21H26N4O. The highest BCUT2D eigenvalue weighted by Crippen LogP contribution is 2.34. The molecule has 1 unspecified atom stereocenters. The number of hydrogen-bond acceptors (Lipinski definition) is 4. The van der Waals surface area contributed by atoms with Crippen LogP contribution in [0.3, 0.4) is 0 Å². The lowest BCUT2D eigenvalue weighted by molar-refractivity contribution is 0.0757. The van der Waals surface area contributed by atoms with Crippen molar-refractivity contribution in [1.82, 2.24) is 19.5 Å². The highest BCUT2D eigenvalue weighted by atomic mass is 16.3. The van der Waals surface area contributed by atoms with Gasteiger partial charge in [-0.15, -0.1) is 0 Å². The zero-order valence-corrected chi connectivity index (χ0v) is 15.5. The van der Waals surface area contributed by atoms with Gasteiger partial charge in [0, 0.05) is 12.6 Å². The second-order valence-electron chi connectivity index (χ2n) is 7.69. The summed E-state index contributed by atoms with van der Waals surface area (Å²) >= 11 is 0. The maximum absolute atomic E-state index is 10.7. The fourth-order valence-electron chi connectivity index (χ4n) is 3.98. The third-order valence-electron chi connectivity index (χ3n) is 5.19. The zero-order valence-electron chi connectivity index (χ0n) is 15.5. The SMILES string of the molecule is CC(C)Cc1nc2cnc(-c3ccccn3)cc2n1C1CCCC[C@@H]1O. The van der Waals surface area contributed by atoms with Crippen LogP contribution in [0.25, 0.3) is 22.4 Å². The molecule has 1 aliphatic rings. The number of pyridine rings is 2. The standard InChI is InChI=1S/C21H26N4O/c1-14(2)11-21-24-17-13-23-16(15-7-5-6-10-22-15)12-19(17)25(21)18-8-3-4-9-20(18)26/h5-7,10,12-14,18,20,26H,3-4,8-9,11H2,1-2H3/t18?,20-/m0/s1. The molecule has 3 aromatic heterocycles. The van der Waals surface area contributed by atoms with E-state index in [0.29, 0.717) is 5.92 Å². The van der Waals surface area contributed by atoms with Crippen LogP contribution >= 0.6 is 0 Å². The predicted molar refractivity (Wildman–Crippen MR) is 103 cm³/mol. The van der Waals surface area contributed by atoms with Gasteiger partial charge in [0.15, 0.2) is 0 Å². The molecule has 0 amide bonds. The van der Waals surface area contributed by atoms with Gasteiger partial charge in [0.1, 0.15) is 11.3 Å². The Morgan fingerprint density at radius 1 is 1.15 bits per heavy atom. The van der Waals surface area contributed by atoms with Crippen molar-refractivity contribution < 1.29 is 5.11 Å². The summed E-state index contributed by atoms with van der Waals surface area (Å²) in [5.74, 6) is 1.57. The molecule has 136 valence electrons. The van der Waals surface area contributed by atoms with Gasteiger partial charge in [0.2, 0.25) is 0 Å². The summed E-state index contributed by atoms with van der Waals surface area (Å²) in [5.41, 5.74) is 3.66. The topological polar surface area (TPSA) is 63.8 Å². The minimum Gasteiger partial charge on any atom is -0.391 e. The van der Waals surface area contributed by atoms with Gasteiger partial charge in [-0.05, 0) is 37.0 Å². The van der Waals surface area contributed by atoms with Crippen LogP contribution in [-0.4, -0.2) is 30.7 Å². The smallest absolute Gasteiger partial charge is 0.110 e. The first-order valence-electron chi connectivity index (χ1n) is 9.60. The monoisotopic (exact) mass is 350 g/mol. The van der Waals surface area contributed by atoms with Gasteiger partial charge in [-0.3, -0.25) is 9.97 Å². The van der Waals surface area contributed by atoms with E-state index in [4.69, 9.17) is 4.98 Å². The molecule has 0 saturated heterocycles. The van der Waals surface area contributed by atoms with Crippen LogP contribution in [0.15, 0.2) is 36.7 Å². The van der Waals surface area contributed by atoms with E-state index in [9.17, 15) is 5.11 Å². The highest BCUT2D eigenvalue weighted by Gasteiger charge is 2.28. The van der Waals surface area contributed by atoms with Crippen LogP contribution in [0.1, 0.15) is 51.4 Å². The molecule has 26 heavy (non-hydrogen) atoms. The lowest BCUT2D eigenvalue weighted by Crippen LogP contribution is -2.29. The third-order valence-corrected chi connectivity index (χ3v) is 5.19. The van der Waals surface area contributed by atoms with Crippen molar-refractivity contribution in [3.05, 3.63) is 42.5 Å². The Morgan fingerprint density at radius 3 is 2.73 bits per heavy atom. The third kappa shape index (κ3) is 3.23. The number of fused-ring (bicyclic) bond motifs is 1. The number of aromatic nitrogens is 4. The molecule has 1 saturated carbocycles. The first kappa shape index (κ1) is 17.2. The Morgan fingerprint density at radius 2 is 2.00 bits per heavy atom. The fourth-order valence-corrected chi connectivity index (χ4v) is 3.98. The van der Waals surface area contributed by atoms with Gasteiger partial charge in [0.05, 0.1) is 35.2 Å². The summed E-state index contributed by atoms with van der Waals surface area (Å²) in [6, 6.07) is 8.03. The van der Waals surface area contributed by atoms with Crippen molar-refractivity contribution in [3.63, 3.8) is 0 Å². The van der Waals surface area contributed by atoms with Gasteiger partial charge in [-0.25, -0.2) is 4.98 Å². The summed E-state index contributed by atoms with van der Waals surface area (Å²) in [6.07, 6.45) is 8.34. The van der Waals surface area contributed by atoms with Crippen LogP contribution in [-0.2, 0) is 6.42 Å². The molecule has 0 spiro atoms. The van der Waals surface area contributed by atoms with Crippen molar-refractivity contribution in [2.45, 2.75) is 58.1 Å². The average Bonchev–Trinajstić information content (AvgIpc) is 2.99. The molecule has 1 aliphatic carbocycles. The van der Waals surface area contributed by atoms with Crippen molar-refractivity contribution in [1.29, 1.82) is 0 Å². The quantitative estimate of drug-likeness (QED) is 0.767. The number of hydrogen-bond donors (Lipinski definition) is 1. The van der Waals surface area contributed by atoms with Crippen LogP contribution in [0.4, 0.5) is 0 Å². The van der Waals surface area contributed by atoms with Crippen molar-refractivity contribution in [2.24, 2.45) is 5.92 Å². The highest BCUT2D eigenvalue weighted by molar-refractivity contribution is 5.79. The minimum absolute atomic E-state index is 0.0986. The zero-order chi connectivity index (χ0) is 18.1. The molecule has 0 aliphatic heterocycles. The van der Waals surface area contributed by atoms with Crippen molar-refractivity contribution in [2.75, 3.05) is 0 Å². The summed E-state index contributed by atoms with van der Waals surface area (Å²) in [5, 5.41) is 10.7. The Kier molecular flexibility index (Phi) is 4.72. The van der Waals surface area contributed by atoms with Crippen LogP contribution in [0, 0.1) is 5.92 Å². The van der Waals surface area contributed by atoms with Gasteiger partial charge in [0.25, 0.3) is 0 Å². The molecule has 3 heterocycles. The number of imidazole rings is 1. The lowest BCUT2D eigenvalue weighted by Gasteiger charge is -2.30. The van der Waals surface area contributed by atoms with Gasteiger partial charge in [-0.1, -0.05) is 32.8 Å². The molecule has 2 atom stereocenters. The molecule has 0 radical (unpaired) electrons. The summed E-state index contributed by atoms with van der Waals surface area (Å²) in [4.78, 5) is 13.9. The summed E-state index contributed by atoms with van der Waals surface area (Å²) in [7, 11) is 0. The van der Waals surface area contributed by atoms with E-state index in [2.05, 4.69) is 34.4 Å². The van der Waals surface area contributed by atoms with Crippen molar-refractivity contribution in [3.8, 4) is 11.4 Å². The fraction of sp³-hybridized carbons (Fsp3) is 0.476. The first-order chi connectivity index (χ1) is 12.6. The number of rotatable bonds is 4. The van der Waals surface area contributed by atoms with E-state index in [1.54, 1.807) is 6.20 Å². The molecule has 1 fully saturated rings. The Labute approximate surface area is 154 Å². The predicted octanol–water partition coefficient (Wildman–Crippen LogP) is 4.17. The second kappa shape index (κ2) is 7.16. The number of aliphatic hydroxyl groups is 1. The van der Waals surface area contributed by atoms with E-state index >= 15 is 0 Å². The van der Waals surface area contributed by atoms with E-state index < -0.39 is 0 Å². The average molecular weight is 350 g/mol. The van der Waals surface area contributed by atoms with E-state index in [0.717, 1.165) is 60.3 Å². The van der Waals surface area contributed by atoms with E-state index in [1.807, 2.05) is 24.4 Å². The lowest BCUT2D eigenvalue weighted by atomic mass is 9.92. The molecular weight excluding hydrogens is 324 g/mol. The van der Waals surface area contributed by atoms with Gasteiger partial charge in [-0.2, -0.15) is 0 Å². The summed E-state index contributed by atoms with van der Waals surface area (Å²) in [6.45, 7) is 4.41. The molecule has 5 heteroatoms. The molecule has 1 N–H and O–H groups in total.